The number of ether oxygens (including phenoxy) is 2. The second-order valence-electron chi connectivity index (χ2n) is 7.29. The maximum Gasteiger partial charge on any atom is 0.311 e. The minimum atomic E-state index is -0.883. The number of hydrogen-bond donors (Lipinski definition) is 1. The Morgan fingerprint density at radius 2 is 2.23 bits per heavy atom. The molecule has 6 nitrogen and oxygen atoms in total. The molecule has 1 amide bonds. The van der Waals surface area contributed by atoms with Crippen LogP contribution in [0.25, 0.3) is 0 Å². The Labute approximate surface area is 153 Å². The van der Waals surface area contributed by atoms with Gasteiger partial charge in [0.05, 0.1) is 12.0 Å². The van der Waals surface area contributed by atoms with E-state index in [4.69, 9.17) is 9.47 Å². The third-order valence-corrected chi connectivity index (χ3v) is 5.24. The molecule has 0 aromatic heterocycles. The van der Waals surface area contributed by atoms with Crippen molar-refractivity contribution in [3.63, 3.8) is 0 Å². The normalized spacial score (nSPS) is 24.7. The summed E-state index contributed by atoms with van der Waals surface area (Å²) in [5.74, 6) is -0.524. The van der Waals surface area contributed by atoms with Crippen LogP contribution in [0.2, 0.25) is 0 Å². The summed E-state index contributed by atoms with van der Waals surface area (Å²) >= 11 is 0. The average Bonchev–Trinajstić information content (AvgIpc) is 3.02. The van der Waals surface area contributed by atoms with Crippen molar-refractivity contribution in [3.8, 4) is 5.75 Å². The third kappa shape index (κ3) is 3.60. The first-order valence-corrected chi connectivity index (χ1v) is 8.89. The molecule has 26 heavy (non-hydrogen) atoms. The highest BCUT2D eigenvalue weighted by Gasteiger charge is 2.54. The van der Waals surface area contributed by atoms with Crippen molar-refractivity contribution in [2.45, 2.75) is 20.3 Å². The number of rotatable bonds is 5. The first-order chi connectivity index (χ1) is 12.4. The number of carboxylic acid groups (broad SMARTS) is 1. The van der Waals surface area contributed by atoms with Gasteiger partial charge in [0.25, 0.3) is 5.91 Å². The van der Waals surface area contributed by atoms with Crippen molar-refractivity contribution in [2.75, 3.05) is 32.9 Å². The van der Waals surface area contributed by atoms with E-state index >= 15 is 0 Å². The fourth-order valence-electron chi connectivity index (χ4n) is 3.66. The van der Waals surface area contributed by atoms with E-state index in [1.165, 1.54) is 0 Å². The molecule has 6 heteroatoms. The number of hydrogen-bond acceptors (Lipinski definition) is 4. The molecule has 2 heterocycles. The number of fused-ring (bicyclic) bond motifs is 1. The molecule has 1 aromatic carbocycles. The molecule has 140 valence electrons. The largest absolute Gasteiger partial charge is 0.490 e. The van der Waals surface area contributed by atoms with Crippen molar-refractivity contribution in [3.05, 3.63) is 41.5 Å². The average molecular weight is 359 g/mol. The zero-order chi connectivity index (χ0) is 18.7. The Morgan fingerprint density at radius 3 is 2.92 bits per heavy atom. The summed E-state index contributed by atoms with van der Waals surface area (Å²) in [6.07, 6.45) is 2.42. The smallest absolute Gasteiger partial charge is 0.311 e. The van der Waals surface area contributed by atoms with Gasteiger partial charge in [-0.2, -0.15) is 0 Å². The minimum Gasteiger partial charge on any atom is -0.490 e. The fourth-order valence-corrected chi connectivity index (χ4v) is 3.66. The van der Waals surface area contributed by atoms with E-state index in [0.29, 0.717) is 44.1 Å². The molecule has 2 aliphatic rings. The Bertz CT molecular complexity index is 725. The van der Waals surface area contributed by atoms with Gasteiger partial charge in [0.1, 0.15) is 12.4 Å². The number of carbonyl (C=O) groups excluding carboxylic acids is 1. The van der Waals surface area contributed by atoms with Crippen molar-refractivity contribution in [1.29, 1.82) is 0 Å². The van der Waals surface area contributed by atoms with Crippen LogP contribution < -0.4 is 4.74 Å². The van der Waals surface area contributed by atoms with Gasteiger partial charge in [0.2, 0.25) is 0 Å². The van der Waals surface area contributed by atoms with Crippen LogP contribution >= 0.6 is 0 Å². The quantitative estimate of drug-likeness (QED) is 0.818. The monoisotopic (exact) mass is 359 g/mol. The van der Waals surface area contributed by atoms with E-state index < -0.39 is 11.4 Å². The molecule has 1 N–H and O–H groups in total. The van der Waals surface area contributed by atoms with Gasteiger partial charge in [-0.05, 0) is 44.5 Å². The highest BCUT2D eigenvalue weighted by molar-refractivity contribution is 5.95. The molecule has 2 aliphatic heterocycles. The van der Waals surface area contributed by atoms with Gasteiger partial charge >= 0.3 is 5.97 Å². The van der Waals surface area contributed by atoms with Crippen LogP contribution in [-0.4, -0.2) is 54.8 Å². The zero-order valence-corrected chi connectivity index (χ0v) is 15.2. The van der Waals surface area contributed by atoms with Gasteiger partial charge in [-0.1, -0.05) is 11.6 Å². The number of carbonyl (C=O) groups is 2. The second kappa shape index (κ2) is 7.50. The molecular formula is C20H25NO5. The summed E-state index contributed by atoms with van der Waals surface area (Å²) < 4.78 is 11.1. The molecular weight excluding hydrogens is 334 g/mol. The summed E-state index contributed by atoms with van der Waals surface area (Å²) in [4.78, 5) is 26.4. The Kier molecular flexibility index (Phi) is 5.32. The maximum absolute atomic E-state index is 12.9. The molecule has 2 fully saturated rings. The molecule has 0 unspecified atom stereocenters. The Hall–Kier alpha value is -2.34. The summed E-state index contributed by atoms with van der Waals surface area (Å²) in [7, 11) is 0. The molecule has 2 atom stereocenters. The molecule has 0 radical (unpaired) electrons. The van der Waals surface area contributed by atoms with E-state index in [0.717, 1.165) is 5.57 Å². The van der Waals surface area contributed by atoms with Crippen LogP contribution in [0.5, 0.6) is 5.75 Å². The molecule has 0 spiro atoms. The number of amides is 1. The predicted octanol–water partition coefficient (Wildman–Crippen LogP) is 2.59. The van der Waals surface area contributed by atoms with Crippen LogP contribution in [0, 0.1) is 11.3 Å². The lowest BCUT2D eigenvalue weighted by molar-refractivity contribution is -0.157. The third-order valence-electron chi connectivity index (χ3n) is 5.24. The molecule has 0 aliphatic carbocycles. The summed E-state index contributed by atoms with van der Waals surface area (Å²) in [5.41, 5.74) is 0.795. The predicted molar refractivity (Wildman–Crippen MR) is 96.3 cm³/mol. The highest BCUT2D eigenvalue weighted by atomic mass is 16.5. The van der Waals surface area contributed by atoms with E-state index in [1.807, 2.05) is 26.0 Å². The van der Waals surface area contributed by atoms with Crippen LogP contribution in [-0.2, 0) is 9.53 Å². The minimum absolute atomic E-state index is 0.158. The van der Waals surface area contributed by atoms with E-state index in [9.17, 15) is 14.7 Å². The van der Waals surface area contributed by atoms with Gasteiger partial charge in [-0.25, -0.2) is 0 Å². The number of allylic oxidation sites excluding steroid dienone is 1. The topological polar surface area (TPSA) is 76.1 Å². The fraction of sp³-hybridized carbons (Fsp3) is 0.500. The van der Waals surface area contributed by atoms with Crippen LogP contribution in [0.15, 0.2) is 35.9 Å². The van der Waals surface area contributed by atoms with Crippen molar-refractivity contribution < 1.29 is 24.2 Å². The standard InChI is InChI=1S/C20H25NO5/c1-14(2)6-8-26-17-5-3-4-15(10-17)18(22)21-11-16-12-25-9-7-20(16,13-21)19(23)24/h3-6,10,16H,7-9,11-13H2,1-2H3,(H,23,24)/t16-,20+/m0/s1. The van der Waals surface area contributed by atoms with E-state index in [-0.39, 0.29) is 18.4 Å². The van der Waals surface area contributed by atoms with Crippen LogP contribution in [0.4, 0.5) is 0 Å². The number of likely N-dealkylation sites (tertiary alicyclic amines) is 1. The zero-order valence-electron chi connectivity index (χ0n) is 15.2. The highest BCUT2D eigenvalue weighted by Crippen LogP contribution is 2.42. The van der Waals surface area contributed by atoms with Crippen LogP contribution in [0.3, 0.4) is 0 Å². The summed E-state index contributed by atoms with van der Waals surface area (Å²) in [5, 5.41) is 9.74. The summed E-state index contributed by atoms with van der Waals surface area (Å²) in [6.45, 7) is 5.91. The van der Waals surface area contributed by atoms with Crippen molar-refractivity contribution in [1.82, 2.24) is 4.90 Å². The van der Waals surface area contributed by atoms with Crippen molar-refractivity contribution >= 4 is 11.9 Å². The maximum atomic E-state index is 12.9. The van der Waals surface area contributed by atoms with Gasteiger partial charge in [-0.15, -0.1) is 0 Å². The number of carboxylic acids is 1. The number of nitrogens with zero attached hydrogens (tertiary/aromatic N) is 1. The number of benzene rings is 1. The van der Waals surface area contributed by atoms with Crippen molar-refractivity contribution in [2.24, 2.45) is 11.3 Å². The Balaban J connectivity index is 1.73. The Morgan fingerprint density at radius 1 is 1.42 bits per heavy atom. The molecule has 2 saturated heterocycles. The van der Waals surface area contributed by atoms with Gasteiger partial charge in [0, 0.05) is 31.2 Å². The first kappa shape index (κ1) is 18.5. The second-order valence-corrected chi connectivity index (χ2v) is 7.29. The first-order valence-electron chi connectivity index (χ1n) is 8.89. The molecule has 3 rings (SSSR count). The summed E-state index contributed by atoms with van der Waals surface area (Å²) in [6, 6.07) is 7.05. The van der Waals surface area contributed by atoms with Crippen LogP contribution in [0.1, 0.15) is 30.6 Å². The van der Waals surface area contributed by atoms with Gasteiger partial charge in [0.15, 0.2) is 0 Å². The molecule has 0 saturated carbocycles. The SMILES string of the molecule is CC(C)=CCOc1cccc(C(=O)N2C[C@H]3COCC[C@@]3(C(=O)O)C2)c1. The van der Waals surface area contributed by atoms with Gasteiger partial charge in [-0.3, -0.25) is 9.59 Å². The molecule has 0 bridgehead atoms. The lowest BCUT2D eigenvalue weighted by Gasteiger charge is -2.33. The van der Waals surface area contributed by atoms with E-state index in [2.05, 4.69) is 0 Å². The lowest BCUT2D eigenvalue weighted by Crippen LogP contribution is -2.45. The number of aliphatic carboxylic acids is 1. The van der Waals surface area contributed by atoms with Gasteiger partial charge < -0.3 is 19.5 Å². The van der Waals surface area contributed by atoms with E-state index in [1.54, 1.807) is 23.1 Å². The lowest BCUT2D eigenvalue weighted by atomic mass is 9.74. The molecule has 1 aromatic rings.